The van der Waals surface area contributed by atoms with Gasteiger partial charge < -0.3 is 15.6 Å². The summed E-state index contributed by atoms with van der Waals surface area (Å²) in [6, 6.07) is 4.26. The van der Waals surface area contributed by atoms with Gasteiger partial charge in [-0.05, 0) is 55.9 Å². The minimum atomic E-state index is -0.499. The minimum Gasteiger partial charge on any atom is -0.388 e. The predicted molar refractivity (Wildman–Crippen MR) is 77.2 cm³/mol. The molecular formula is C16H25NO2. The van der Waals surface area contributed by atoms with E-state index in [0.29, 0.717) is 19.8 Å². The van der Waals surface area contributed by atoms with Crippen LogP contribution in [0.3, 0.4) is 0 Å². The van der Waals surface area contributed by atoms with Crippen LogP contribution < -0.4 is 5.73 Å². The third-order valence-corrected chi connectivity index (χ3v) is 4.65. The third-order valence-electron chi connectivity index (χ3n) is 4.65. The molecule has 0 amide bonds. The van der Waals surface area contributed by atoms with E-state index in [4.69, 9.17) is 10.5 Å². The van der Waals surface area contributed by atoms with Gasteiger partial charge in [0.1, 0.15) is 0 Å². The Bertz CT molecular complexity index is 450. The van der Waals surface area contributed by atoms with Crippen molar-refractivity contribution >= 4 is 0 Å². The van der Waals surface area contributed by atoms with Crippen molar-refractivity contribution in [1.82, 2.24) is 0 Å². The Morgan fingerprint density at radius 1 is 1.16 bits per heavy atom. The highest BCUT2D eigenvalue weighted by atomic mass is 16.5. The van der Waals surface area contributed by atoms with Crippen LogP contribution in [0.15, 0.2) is 12.1 Å². The minimum absolute atomic E-state index is 0.231. The van der Waals surface area contributed by atoms with Crippen molar-refractivity contribution < 1.29 is 9.84 Å². The van der Waals surface area contributed by atoms with Crippen molar-refractivity contribution in [1.29, 1.82) is 0 Å². The van der Waals surface area contributed by atoms with Crippen LogP contribution in [0.4, 0.5) is 0 Å². The molecule has 0 aromatic heterocycles. The molecule has 0 saturated carbocycles. The summed E-state index contributed by atoms with van der Waals surface area (Å²) < 4.78 is 5.42. The van der Waals surface area contributed by atoms with Crippen molar-refractivity contribution in [3.8, 4) is 0 Å². The Balaban J connectivity index is 2.37. The molecule has 19 heavy (non-hydrogen) atoms. The van der Waals surface area contributed by atoms with Crippen LogP contribution in [0.5, 0.6) is 0 Å². The van der Waals surface area contributed by atoms with Gasteiger partial charge in [0.25, 0.3) is 0 Å². The highest BCUT2D eigenvalue weighted by molar-refractivity contribution is 5.38. The van der Waals surface area contributed by atoms with Gasteiger partial charge in [-0.1, -0.05) is 12.1 Å². The Morgan fingerprint density at radius 3 is 2.32 bits per heavy atom. The first-order chi connectivity index (χ1) is 9.00. The van der Waals surface area contributed by atoms with E-state index in [1.54, 1.807) is 0 Å². The van der Waals surface area contributed by atoms with Crippen molar-refractivity contribution in [3.63, 3.8) is 0 Å². The lowest BCUT2D eigenvalue weighted by atomic mass is 9.72. The van der Waals surface area contributed by atoms with Crippen LogP contribution in [0, 0.1) is 26.2 Å². The molecular weight excluding hydrogens is 238 g/mol. The van der Waals surface area contributed by atoms with E-state index in [1.807, 2.05) is 0 Å². The first kappa shape index (κ1) is 14.5. The molecule has 1 fully saturated rings. The van der Waals surface area contributed by atoms with Crippen LogP contribution in [0.25, 0.3) is 0 Å². The number of benzene rings is 1. The van der Waals surface area contributed by atoms with Crippen molar-refractivity contribution in [2.75, 3.05) is 19.8 Å². The Hall–Kier alpha value is -0.900. The second-order valence-electron chi connectivity index (χ2n) is 5.87. The van der Waals surface area contributed by atoms with Gasteiger partial charge >= 0.3 is 0 Å². The number of ether oxygens (including phenoxy) is 1. The molecule has 3 N–H and O–H groups in total. The van der Waals surface area contributed by atoms with Gasteiger partial charge in [0.15, 0.2) is 0 Å². The van der Waals surface area contributed by atoms with Gasteiger partial charge in [0.2, 0.25) is 0 Å². The molecule has 1 heterocycles. The van der Waals surface area contributed by atoms with Gasteiger partial charge in [-0.25, -0.2) is 0 Å². The maximum absolute atomic E-state index is 10.9. The summed E-state index contributed by atoms with van der Waals surface area (Å²) in [6.45, 7) is 8.14. The maximum atomic E-state index is 10.9. The molecule has 0 spiro atoms. The zero-order valence-corrected chi connectivity index (χ0v) is 12.2. The van der Waals surface area contributed by atoms with Gasteiger partial charge in [0, 0.05) is 25.2 Å². The molecule has 1 aliphatic heterocycles. The molecule has 106 valence electrons. The fourth-order valence-electron chi connectivity index (χ4n) is 2.97. The quantitative estimate of drug-likeness (QED) is 0.880. The van der Waals surface area contributed by atoms with Gasteiger partial charge in [0.05, 0.1) is 6.10 Å². The molecule has 1 aliphatic rings. The fourth-order valence-corrected chi connectivity index (χ4v) is 2.97. The SMILES string of the molecule is Cc1cc(C)c(C(O)C2(CN)CCOCC2)cc1C. The summed E-state index contributed by atoms with van der Waals surface area (Å²) in [5.41, 5.74) is 10.4. The number of aliphatic hydroxyl groups excluding tert-OH is 1. The zero-order valence-electron chi connectivity index (χ0n) is 12.2. The first-order valence-corrected chi connectivity index (χ1v) is 7.04. The maximum Gasteiger partial charge on any atom is 0.0862 e. The number of aliphatic hydroxyl groups is 1. The molecule has 1 aromatic carbocycles. The first-order valence-electron chi connectivity index (χ1n) is 7.04. The summed E-state index contributed by atoms with van der Waals surface area (Å²) in [4.78, 5) is 0. The number of aryl methyl sites for hydroxylation is 3. The summed E-state index contributed by atoms with van der Waals surface area (Å²) >= 11 is 0. The largest absolute Gasteiger partial charge is 0.388 e. The summed E-state index contributed by atoms with van der Waals surface area (Å²) in [7, 11) is 0. The lowest BCUT2D eigenvalue weighted by molar-refractivity contribution is -0.0583. The monoisotopic (exact) mass is 263 g/mol. The molecule has 1 atom stereocenters. The van der Waals surface area contributed by atoms with E-state index in [1.165, 1.54) is 11.1 Å². The van der Waals surface area contributed by atoms with E-state index in [0.717, 1.165) is 24.0 Å². The van der Waals surface area contributed by atoms with Crippen LogP contribution in [0.1, 0.15) is 41.2 Å². The van der Waals surface area contributed by atoms with Crippen LogP contribution in [-0.2, 0) is 4.74 Å². The number of rotatable bonds is 3. The average Bonchev–Trinajstić information content (AvgIpc) is 2.43. The number of hydrogen-bond donors (Lipinski definition) is 2. The summed E-state index contributed by atoms with van der Waals surface area (Å²) in [5.74, 6) is 0. The van der Waals surface area contributed by atoms with E-state index >= 15 is 0 Å². The normalized spacial score (nSPS) is 20.3. The Kier molecular flexibility index (Phi) is 4.29. The van der Waals surface area contributed by atoms with Gasteiger partial charge in [-0.2, -0.15) is 0 Å². The van der Waals surface area contributed by atoms with Crippen molar-refractivity contribution in [3.05, 3.63) is 34.4 Å². The second kappa shape index (κ2) is 5.61. The number of nitrogens with two attached hydrogens (primary N) is 1. The standard InChI is InChI=1S/C16H25NO2/c1-11-8-13(3)14(9-12(11)2)15(18)16(10-17)4-6-19-7-5-16/h8-9,15,18H,4-7,10,17H2,1-3H3. The van der Waals surface area contributed by atoms with E-state index in [-0.39, 0.29) is 5.41 Å². The second-order valence-corrected chi connectivity index (χ2v) is 5.87. The molecule has 0 radical (unpaired) electrons. The smallest absolute Gasteiger partial charge is 0.0862 e. The van der Waals surface area contributed by atoms with Gasteiger partial charge in [-0.3, -0.25) is 0 Å². The predicted octanol–water partition coefficient (Wildman–Crippen LogP) is 2.40. The molecule has 2 rings (SSSR count). The third kappa shape index (κ3) is 2.69. The lowest BCUT2D eigenvalue weighted by Gasteiger charge is -2.40. The zero-order chi connectivity index (χ0) is 14.0. The van der Waals surface area contributed by atoms with Crippen molar-refractivity contribution in [2.45, 2.75) is 39.7 Å². The molecule has 3 heteroatoms. The number of hydrogen-bond acceptors (Lipinski definition) is 3. The molecule has 1 unspecified atom stereocenters. The fraction of sp³-hybridized carbons (Fsp3) is 0.625. The molecule has 1 saturated heterocycles. The highest BCUT2D eigenvalue weighted by Gasteiger charge is 2.39. The van der Waals surface area contributed by atoms with Gasteiger partial charge in [-0.15, -0.1) is 0 Å². The van der Waals surface area contributed by atoms with E-state index in [9.17, 15) is 5.11 Å². The average molecular weight is 263 g/mol. The molecule has 1 aromatic rings. The highest BCUT2D eigenvalue weighted by Crippen LogP contribution is 2.42. The van der Waals surface area contributed by atoms with Crippen LogP contribution in [-0.4, -0.2) is 24.9 Å². The summed E-state index contributed by atoms with van der Waals surface area (Å²) in [6.07, 6.45) is 1.16. The lowest BCUT2D eigenvalue weighted by Crippen LogP contribution is -2.41. The Morgan fingerprint density at radius 2 is 1.74 bits per heavy atom. The van der Waals surface area contributed by atoms with Crippen LogP contribution >= 0.6 is 0 Å². The Labute approximate surface area is 115 Å². The molecule has 0 aliphatic carbocycles. The van der Waals surface area contributed by atoms with E-state index < -0.39 is 6.10 Å². The van der Waals surface area contributed by atoms with Crippen LogP contribution in [0.2, 0.25) is 0 Å². The topological polar surface area (TPSA) is 55.5 Å². The van der Waals surface area contributed by atoms with Crippen molar-refractivity contribution in [2.24, 2.45) is 11.1 Å². The molecule has 0 bridgehead atoms. The summed E-state index contributed by atoms with van der Waals surface area (Å²) in [5, 5.41) is 10.9. The van der Waals surface area contributed by atoms with E-state index in [2.05, 4.69) is 32.9 Å². The molecule has 3 nitrogen and oxygen atoms in total.